The molecule has 0 aliphatic carbocycles. The normalized spacial score (nSPS) is 11.2. The SMILES string of the molecule is O=C(Cc1c[nH]c2ccccc12)NCCc1cn2cc(Cl)ccc2n1. The first-order chi connectivity index (χ1) is 12.2. The highest BCUT2D eigenvalue weighted by atomic mass is 35.5. The fourth-order valence-corrected chi connectivity index (χ4v) is 3.15. The van der Waals surface area contributed by atoms with Crippen molar-refractivity contribution in [2.45, 2.75) is 12.8 Å². The molecule has 0 radical (unpaired) electrons. The number of hydrogen-bond donors (Lipinski definition) is 2. The highest BCUT2D eigenvalue weighted by Crippen LogP contribution is 2.18. The quantitative estimate of drug-likeness (QED) is 0.578. The maximum Gasteiger partial charge on any atom is 0.224 e. The molecule has 0 fully saturated rings. The van der Waals surface area contributed by atoms with Crippen LogP contribution in [0.1, 0.15) is 11.3 Å². The number of H-pyrrole nitrogens is 1. The number of aromatic amines is 1. The lowest BCUT2D eigenvalue weighted by Crippen LogP contribution is -2.27. The first-order valence-corrected chi connectivity index (χ1v) is 8.52. The number of nitrogens with one attached hydrogen (secondary N) is 2. The minimum atomic E-state index is 0.0107. The predicted molar refractivity (Wildman–Crippen MR) is 98.9 cm³/mol. The molecule has 0 aliphatic rings. The van der Waals surface area contributed by atoms with Gasteiger partial charge in [-0.05, 0) is 23.8 Å². The molecule has 4 aromatic rings. The molecule has 0 saturated carbocycles. The summed E-state index contributed by atoms with van der Waals surface area (Å²) in [6, 6.07) is 11.7. The van der Waals surface area contributed by atoms with E-state index in [1.165, 1.54) is 0 Å². The van der Waals surface area contributed by atoms with Crippen LogP contribution in [-0.4, -0.2) is 26.8 Å². The second-order valence-electron chi connectivity index (χ2n) is 5.98. The first kappa shape index (κ1) is 15.7. The lowest BCUT2D eigenvalue weighted by molar-refractivity contribution is -0.120. The number of carbonyl (C=O) groups excluding carboxylic acids is 1. The fourth-order valence-electron chi connectivity index (χ4n) is 2.98. The van der Waals surface area contributed by atoms with Crippen molar-refractivity contribution < 1.29 is 4.79 Å². The molecule has 1 aromatic carbocycles. The number of fused-ring (bicyclic) bond motifs is 2. The molecule has 5 nitrogen and oxygen atoms in total. The topological polar surface area (TPSA) is 62.2 Å². The van der Waals surface area contributed by atoms with Crippen LogP contribution in [0.5, 0.6) is 0 Å². The monoisotopic (exact) mass is 352 g/mol. The lowest BCUT2D eigenvalue weighted by atomic mass is 10.1. The van der Waals surface area contributed by atoms with Gasteiger partial charge in [-0.15, -0.1) is 0 Å². The highest BCUT2D eigenvalue weighted by molar-refractivity contribution is 6.30. The summed E-state index contributed by atoms with van der Waals surface area (Å²) in [4.78, 5) is 19.9. The summed E-state index contributed by atoms with van der Waals surface area (Å²) in [6.07, 6.45) is 6.70. The molecule has 0 spiro atoms. The van der Waals surface area contributed by atoms with Crippen molar-refractivity contribution >= 4 is 34.1 Å². The molecule has 0 atom stereocenters. The van der Waals surface area contributed by atoms with Crippen LogP contribution in [0, 0.1) is 0 Å². The molecule has 3 aromatic heterocycles. The Kier molecular flexibility index (Phi) is 4.15. The fraction of sp³-hybridized carbons (Fsp3) is 0.158. The van der Waals surface area contributed by atoms with Crippen molar-refractivity contribution in [1.82, 2.24) is 19.7 Å². The number of pyridine rings is 1. The predicted octanol–water partition coefficient (Wildman–Crippen LogP) is 3.37. The van der Waals surface area contributed by atoms with Gasteiger partial charge in [0.2, 0.25) is 5.91 Å². The van der Waals surface area contributed by atoms with Crippen molar-refractivity contribution in [3.05, 3.63) is 71.3 Å². The van der Waals surface area contributed by atoms with Crippen LogP contribution in [-0.2, 0) is 17.6 Å². The average Bonchev–Trinajstić information content (AvgIpc) is 3.18. The lowest BCUT2D eigenvalue weighted by Gasteiger charge is -2.03. The molecule has 0 saturated heterocycles. The Balaban J connectivity index is 1.35. The van der Waals surface area contributed by atoms with Gasteiger partial charge in [0, 0.05) is 42.5 Å². The number of nitrogens with zero attached hydrogens (tertiary/aromatic N) is 2. The average molecular weight is 353 g/mol. The van der Waals surface area contributed by atoms with Gasteiger partial charge in [-0.2, -0.15) is 0 Å². The van der Waals surface area contributed by atoms with Gasteiger partial charge < -0.3 is 14.7 Å². The number of carbonyl (C=O) groups is 1. The van der Waals surface area contributed by atoms with Gasteiger partial charge >= 0.3 is 0 Å². The molecule has 0 aliphatic heterocycles. The van der Waals surface area contributed by atoms with Crippen LogP contribution in [0.15, 0.2) is 55.0 Å². The zero-order chi connectivity index (χ0) is 17.2. The Bertz CT molecular complexity index is 1050. The number of benzene rings is 1. The van der Waals surface area contributed by atoms with Gasteiger partial charge in [0.05, 0.1) is 17.1 Å². The third-order valence-electron chi connectivity index (χ3n) is 4.19. The van der Waals surface area contributed by atoms with E-state index < -0.39 is 0 Å². The molecule has 2 N–H and O–H groups in total. The van der Waals surface area contributed by atoms with E-state index in [-0.39, 0.29) is 5.91 Å². The zero-order valence-electron chi connectivity index (χ0n) is 13.5. The van der Waals surface area contributed by atoms with E-state index in [4.69, 9.17) is 11.6 Å². The van der Waals surface area contributed by atoms with E-state index in [0.717, 1.165) is 27.8 Å². The van der Waals surface area contributed by atoms with Crippen molar-refractivity contribution in [2.75, 3.05) is 6.54 Å². The number of aromatic nitrogens is 3. The number of amides is 1. The van der Waals surface area contributed by atoms with Crippen LogP contribution in [0.3, 0.4) is 0 Å². The smallest absolute Gasteiger partial charge is 0.224 e. The van der Waals surface area contributed by atoms with Gasteiger partial charge in [-0.3, -0.25) is 4.79 Å². The van der Waals surface area contributed by atoms with E-state index in [1.54, 1.807) is 0 Å². The van der Waals surface area contributed by atoms with Crippen LogP contribution in [0.4, 0.5) is 0 Å². The van der Waals surface area contributed by atoms with Crippen LogP contribution < -0.4 is 5.32 Å². The molecule has 3 heterocycles. The van der Waals surface area contributed by atoms with Crippen molar-refractivity contribution in [1.29, 1.82) is 0 Å². The summed E-state index contributed by atoms with van der Waals surface area (Å²) >= 11 is 5.97. The molecule has 25 heavy (non-hydrogen) atoms. The Morgan fingerprint density at radius 2 is 2.08 bits per heavy atom. The molecule has 4 rings (SSSR count). The van der Waals surface area contributed by atoms with Crippen molar-refractivity contribution in [3.8, 4) is 0 Å². The van der Waals surface area contributed by atoms with Gasteiger partial charge in [0.1, 0.15) is 5.65 Å². The van der Waals surface area contributed by atoms with Crippen LogP contribution in [0.25, 0.3) is 16.6 Å². The molecule has 1 amide bonds. The summed E-state index contributed by atoms with van der Waals surface area (Å²) in [6.45, 7) is 0.554. The molecular weight excluding hydrogens is 336 g/mol. The van der Waals surface area contributed by atoms with Crippen LogP contribution >= 0.6 is 11.6 Å². The molecule has 0 bridgehead atoms. The van der Waals surface area contributed by atoms with Gasteiger partial charge in [-0.25, -0.2) is 4.98 Å². The Morgan fingerprint density at radius 1 is 1.20 bits per heavy atom. The highest BCUT2D eigenvalue weighted by Gasteiger charge is 2.09. The third-order valence-corrected chi connectivity index (χ3v) is 4.42. The number of rotatable bonds is 5. The van der Waals surface area contributed by atoms with E-state index in [1.807, 2.05) is 59.4 Å². The van der Waals surface area contributed by atoms with E-state index >= 15 is 0 Å². The van der Waals surface area contributed by atoms with Gasteiger partial charge in [0.15, 0.2) is 0 Å². The largest absolute Gasteiger partial charge is 0.361 e. The van der Waals surface area contributed by atoms with E-state index in [0.29, 0.717) is 24.4 Å². The summed E-state index contributed by atoms with van der Waals surface area (Å²) in [5, 5.41) is 4.72. The zero-order valence-corrected chi connectivity index (χ0v) is 14.3. The van der Waals surface area contributed by atoms with Gasteiger partial charge in [0.25, 0.3) is 0 Å². The second kappa shape index (κ2) is 6.61. The maximum atomic E-state index is 12.2. The number of hydrogen-bond acceptors (Lipinski definition) is 2. The van der Waals surface area contributed by atoms with E-state index in [2.05, 4.69) is 15.3 Å². The standard InChI is InChI=1S/C19H17ClN4O/c20-14-5-6-18-23-15(12-24(18)11-14)7-8-21-19(25)9-13-10-22-17-4-2-1-3-16(13)17/h1-6,10-12,22H,7-9H2,(H,21,25). The molecule has 0 unspecified atom stereocenters. The third kappa shape index (κ3) is 3.37. The maximum absolute atomic E-state index is 12.2. The van der Waals surface area contributed by atoms with E-state index in [9.17, 15) is 4.79 Å². The summed E-state index contributed by atoms with van der Waals surface area (Å²) in [5.41, 5.74) is 3.84. The first-order valence-electron chi connectivity index (χ1n) is 8.14. The Hall–Kier alpha value is -2.79. The Labute approximate surface area is 149 Å². The second-order valence-corrected chi connectivity index (χ2v) is 6.42. The summed E-state index contributed by atoms with van der Waals surface area (Å²) in [7, 11) is 0. The van der Waals surface area contributed by atoms with Crippen molar-refractivity contribution in [3.63, 3.8) is 0 Å². The number of halogens is 1. The molecule has 126 valence electrons. The summed E-state index contributed by atoms with van der Waals surface area (Å²) < 4.78 is 1.89. The van der Waals surface area contributed by atoms with Gasteiger partial charge in [-0.1, -0.05) is 29.8 Å². The number of imidazole rings is 1. The minimum Gasteiger partial charge on any atom is -0.361 e. The summed E-state index contributed by atoms with van der Waals surface area (Å²) in [5.74, 6) is 0.0107. The van der Waals surface area contributed by atoms with Crippen LogP contribution in [0.2, 0.25) is 5.02 Å². The Morgan fingerprint density at radius 3 is 3.00 bits per heavy atom. The number of para-hydroxylation sites is 1. The molecule has 6 heteroatoms. The van der Waals surface area contributed by atoms with Crippen molar-refractivity contribution in [2.24, 2.45) is 0 Å². The molecular formula is C19H17ClN4O. The minimum absolute atomic E-state index is 0.0107.